The van der Waals surface area contributed by atoms with Crippen molar-refractivity contribution >= 4 is 45.7 Å². The van der Waals surface area contributed by atoms with E-state index in [1.165, 1.54) is 18.7 Å². The van der Waals surface area contributed by atoms with Gasteiger partial charge in [-0.2, -0.15) is 0 Å². The lowest BCUT2D eigenvalue weighted by Crippen LogP contribution is -2.15. The second-order valence-corrected chi connectivity index (χ2v) is 8.44. The van der Waals surface area contributed by atoms with E-state index in [1.807, 2.05) is 29.5 Å². The van der Waals surface area contributed by atoms with Gasteiger partial charge in [0.1, 0.15) is 13.2 Å². The van der Waals surface area contributed by atoms with Crippen LogP contribution in [0.3, 0.4) is 0 Å². The predicted octanol–water partition coefficient (Wildman–Crippen LogP) is 3.90. The van der Waals surface area contributed by atoms with Crippen LogP contribution in [0.5, 0.6) is 11.5 Å². The maximum atomic E-state index is 12.5. The number of hydrogen-bond acceptors (Lipinski definition) is 7. The van der Waals surface area contributed by atoms with Gasteiger partial charge in [0, 0.05) is 22.7 Å². The molecule has 9 heteroatoms. The van der Waals surface area contributed by atoms with Crippen LogP contribution >= 0.6 is 11.8 Å². The number of ketones is 1. The van der Waals surface area contributed by atoms with E-state index in [1.54, 1.807) is 24.3 Å². The molecule has 8 nitrogen and oxygen atoms in total. The number of nitrogens with one attached hydrogen (secondary N) is 1. The number of Topliss-reactive ketones (excluding diaryl/α,β-unsaturated/α-hetero) is 1. The Morgan fingerprint density at radius 1 is 1.06 bits per heavy atom. The molecule has 0 unspecified atom stereocenters. The highest BCUT2D eigenvalue weighted by Crippen LogP contribution is 2.36. The molecule has 1 N–H and O–H groups in total. The summed E-state index contributed by atoms with van der Waals surface area (Å²) in [6.45, 7) is 4.52. The predicted molar refractivity (Wildman–Crippen MR) is 122 cm³/mol. The summed E-state index contributed by atoms with van der Waals surface area (Å²) in [5, 5.41) is 13.1. The monoisotopic (exact) mass is 448 g/mol. The summed E-state index contributed by atoms with van der Waals surface area (Å²) < 4.78 is 13.4. The lowest BCUT2D eigenvalue weighted by molar-refractivity contribution is -0.113. The average molecular weight is 449 g/mol. The minimum Gasteiger partial charge on any atom is -0.486 e. The number of aryl methyl sites for hydroxylation is 1. The van der Waals surface area contributed by atoms with E-state index >= 15 is 0 Å². The molecule has 0 radical (unpaired) electrons. The van der Waals surface area contributed by atoms with Crippen LogP contribution in [-0.4, -0.2) is 45.3 Å². The Morgan fingerprint density at radius 2 is 1.78 bits per heavy atom. The molecule has 32 heavy (non-hydrogen) atoms. The molecule has 0 saturated heterocycles. The first-order valence-corrected chi connectivity index (χ1v) is 11.1. The van der Waals surface area contributed by atoms with Crippen molar-refractivity contribution in [2.75, 3.05) is 24.3 Å². The van der Waals surface area contributed by atoms with Crippen LogP contribution in [0.15, 0.2) is 47.6 Å². The molecule has 1 amide bonds. The number of carbonyl (C=O) groups is 2. The van der Waals surface area contributed by atoms with E-state index < -0.39 is 0 Å². The highest BCUT2D eigenvalue weighted by Gasteiger charge is 2.18. The van der Waals surface area contributed by atoms with Gasteiger partial charge in [0.05, 0.1) is 11.3 Å². The van der Waals surface area contributed by atoms with E-state index in [0.29, 0.717) is 35.4 Å². The fourth-order valence-corrected chi connectivity index (χ4v) is 4.40. The SMILES string of the molecule is CC(=O)c1ccc(NC(=O)CSc2nnc3c(C)cc4cc5c(cc4n23)OCCO5)cc1. The maximum absolute atomic E-state index is 12.5. The van der Waals surface area contributed by atoms with Gasteiger partial charge in [-0.1, -0.05) is 11.8 Å². The Balaban J connectivity index is 1.40. The van der Waals surface area contributed by atoms with Crippen LogP contribution < -0.4 is 14.8 Å². The van der Waals surface area contributed by atoms with Crippen LogP contribution in [0.25, 0.3) is 16.6 Å². The van der Waals surface area contributed by atoms with Gasteiger partial charge in [-0.15, -0.1) is 10.2 Å². The van der Waals surface area contributed by atoms with Crippen LogP contribution in [0.1, 0.15) is 22.8 Å². The van der Waals surface area contributed by atoms with Crippen molar-refractivity contribution in [1.82, 2.24) is 14.6 Å². The molecule has 3 heterocycles. The van der Waals surface area contributed by atoms with Crippen molar-refractivity contribution in [2.24, 2.45) is 0 Å². The number of hydrogen-bond donors (Lipinski definition) is 1. The van der Waals surface area contributed by atoms with Crippen LogP contribution in [-0.2, 0) is 4.79 Å². The molecule has 2 aromatic carbocycles. The lowest BCUT2D eigenvalue weighted by atomic mass is 10.1. The summed E-state index contributed by atoms with van der Waals surface area (Å²) >= 11 is 1.30. The number of amides is 1. The molecule has 2 aromatic heterocycles. The van der Waals surface area contributed by atoms with Gasteiger partial charge < -0.3 is 14.8 Å². The molecule has 0 bridgehead atoms. The van der Waals surface area contributed by atoms with Crippen molar-refractivity contribution < 1.29 is 19.1 Å². The number of nitrogens with zero attached hydrogens (tertiary/aromatic N) is 3. The number of benzene rings is 2. The minimum atomic E-state index is -0.173. The first-order valence-electron chi connectivity index (χ1n) is 10.1. The second kappa shape index (κ2) is 8.16. The number of fused-ring (bicyclic) bond motifs is 4. The van der Waals surface area contributed by atoms with Gasteiger partial charge in [-0.25, -0.2) is 0 Å². The fourth-order valence-electron chi connectivity index (χ4n) is 3.65. The molecule has 4 aromatic rings. The lowest BCUT2D eigenvalue weighted by Gasteiger charge is -2.19. The van der Waals surface area contributed by atoms with Crippen molar-refractivity contribution in [3.63, 3.8) is 0 Å². The summed E-state index contributed by atoms with van der Waals surface area (Å²) in [5.41, 5.74) is 3.84. The molecule has 0 fully saturated rings. The minimum absolute atomic E-state index is 0.0159. The summed E-state index contributed by atoms with van der Waals surface area (Å²) in [4.78, 5) is 23.9. The second-order valence-electron chi connectivity index (χ2n) is 7.49. The van der Waals surface area contributed by atoms with Gasteiger partial charge in [0.2, 0.25) is 5.91 Å². The smallest absolute Gasteiger partial charge is 0.234 e. The molecule has 0 atom stereocenters. The number of thioether (sulfide) groups is 1. The number of aromatic nitrogens is 3. The summed E-state index contributed by atoms with van der Waals surface area (Å²) in [6, 6.07) is 12.8. The van der Waals surface area contributed by atoms with Gasteiger partial charge in [-0.05, 0) is 55.8 Å². The normalized spacial score (nSPS) is 12.8. The van der Waals surface area contributed by atoms with Gasteiger partial charge in [-0.3, -0.25) is 14.0 Å². The molecule has 0 spiro atoms. The van der Waals surface area contributed by atoms with E-state index in [2.05, 4.69) is 15.5 Å². The molecule has 1 aliphatic heterocycles. The Labute approximate surface area is 187 Å². The third-order valence-corrected chi connectivity index (χ3v) is 6.13. The molecule has 1 aliphatic rings. The zero-order valence-corrected chi connectivity index (χ0v) is 18.4. The first-order chi connectivity index (χ1) is 15.5. The van der Waals surface area contributed by atoms with Crippen molar-refractivity contribution in [3.05, 3.63) is 53.6 Å². The standard InChI is InChI=1S/C23H20N4O4S/c1-13-9-16-10-19-20(31-8-7-30-19)11-18(16)27-22(13)25-26-23(27)32-12-21(29)24-17-5-3-15(4-6-17)14(2)28/h3-6,9-11H,7-8,12H2,1-2H3,(H,24,29). The zero-order chi connectivity index (χ0) is 22.2. The summed E-state index contributed by atoms with van der Waals surface area (Å²) in [5.74, 6) is 1.38. The Hall–Kier alpha value is -3.59. The van der Waals surface area contributed by atoms with Gasteiger partial charge >= 0.3 is 0 Å². The van der Waals surface area contributed by atoms with Crippen LogP contribution in [0.4, 0.5) is 5.69 Å². The number of carbonyl (C=O) groups excluding carboxylic acids is 2. The van der Waals surface area contributed by atoms with E-state index in [4.69, 9.17) is 9.47 Å². The molecular weight excluding hydrogens is 428 g/mol. The molecule has 0 saturated carbocycles. The number of rotatable bonds is 5. The largest absolute Gasteiger partial charge is 0.486 e. The zero-order valence-electron chi connectivity index (χ0n) is 17.5. The molecule has 0 aliphatic carbocycles. The third-order valence-electron chi connectivity index (χ3n) is 5.20. The van der Waals surface area contributed by atoms with E-state index in [-0.39, 0.29) is 17.4 Å². The van der Waals surface area contributed by atoms with E-state index in [0.717, 1.165) is 27.9 Å². The first kappa shape index (κ1) is 20.3. The average Bonchev–Trinajstić information content (AvgIpc) is 3.22. The Bertz CT molecular complexity index is 1360. The van der Waals surface area contributed by atoms with Gasteiger partial charge in [0.15, 0.2) is 28.1 Å². The van der Waals surface area contributed by atoms with Crippen molar-refractivity contribution in [3.8, 4) is 11.5 Å². The third kappa shape index (κ3) is 3.75. The molecule has 5 rings (SSSR count). The van der Waals surface area contributed by atoms with Crippen LogP contribution in [0, 0.1) is 6.92 Å². The van der Waals surface area contributed by atoms with Gasteiger partial charge in [0.25, 0.3) is 0 Å². The van der Waals surface area contributed by atoms with Crippen molar-refractivity contribution in [2.45, 2.75) is 19.0 Å². The Morgan fingerprint density at radius 3 is 2.50 bits per heavy atom. The summed E-state index contributed by atoms with van der Waals surface area (Å²) in [6.07, 6.45) is 0. The highest BCUT2D eigenvalue weighted by atomic mass is 32.2. The van der Waals surface area contributed by atoms with E-state index in [9.17, 15) is 9.59 Å². The topological polar surface area (TPSA) is 94.8 Å². The molecule has 162 valence electrons. The highest BCUT2D eigenvalue weighted by molar-refractivity contribution is 7.99. The maximum Gasteiger partial charge on any atom is 0.234 e. The number of pyridine rings is 1. The quantitative estimate of drug-likeness (QED) is 0.365. The van der Waals surface area contributed by atoms with Crippen LogP contribution in [0.2, 0.25) is 0 Å². The summed E-state index contributed by atoms with van der Waals surface area (Å²) in [7, 11) is 0. The fraction of sp³-hybridized carbons (Fsp3) is 0.217. The number of anilines is 1. The molecular formula is C23H20N4O4S. The van der Waals surface area contributed by atoms with Crippen molar-refractivity contribution in [1.29, 1.82) is 0 Å². The number of ether oxygens (including phenoxy) is 2. The Kier molecular flexibility index (Phi) is 5.18.